The third-order valence-corrected chi connectivity index (χ3v) is 8.37. The molecule has 8 nitrogen and oxygen atoms in total. The van der Waals surface area contributed by atoms with Crippen molar-refractivity contribution in [2.75, 3.05) is 45.2 Å². The van der Waals surface area contributed by atoms with Crippen molar-refractivity contribution in [1.29, 1.82) is 5.26 Å². The highest BCUT2D eigenvalue weighted by Crippen LogP contribution is 2.39. The number of hydrogen-bond donors (Lipinski definition) is 0. The van der Waals surface area contributed by atoms with E-state index in [-0.39, 0.29) is 50.5 Å². The fraction of sp³-hybridized carbons (Fsp3) is 0.467. The highest BCUT2D eigenvalue weighted by Gasteiger charge is 2.43. The molecule has 4 rings (SSSR count). The smallest absolute Gasteiger partial charge is 0.342 e. The Morgan fingerprint density at radius 1 is 0.889 bits per heavy atom. The van der Waals surface area contributed by atoms with E-state index in [0.29, 0.717) is 35.4 Å². The summed E-state index contributed by atoms with van der Waals surface area (Å²) in [4.78, 5) is 44.1. The van der Waals surface area contributed by atoms with E-state index in [1.54, 1.807) is 6.07 Å². The van der Waals surface area contributed by atoms with Crippen LogP contribution in [-0.4, -0.2) is 78.9 Å². The lowest BCUT2D eigenvalue weighted by Gasteiger charge is -2.34. The van der Waals surface area contributed by atoms with Gasteiger partial charge in [0.1, 0.15) is 12.2 Å². The number of hydrogen-bond acceptors (Lipinski definition) is 4. The zero-order valence-electron chi connectivity index (χ0n) is 24.3. The number of likely N-dealkylation sites (tertiary alicyclic amines) is 2. The molecule has 2 fully saturated rings. The summed E-state index contributed by atoms with van der Waals surface area (Å²) in [5, 5.41) is 8.78. The molecule has 0 aromatic heterocycles. The number of likely N-dealkylation sites (N-methyl/N-ethyl adjacent to an activating group) is 1. The Morgan fingerprint density at radius 2 is 1.44 bits per heavy atom. The molecule has 4 amide bonds. The molecule has 0 saturated carbocycles. The highest BCUT2D eigenvalue weighted by molar-refractivity contribution is 5.92. The van der Waals surface area contributed by atoms with Crippen molar-refractivity contribution in [3.63, 3.8) is 0 Å². The van der Waals surface area contributed by atoms with Crippen molar-refractivity contribution in [3.8, 4) is 6.07 Å². The van der Waals surface area contributed by atoms with Crippen LogP contribution in [-0.2, 0) is 21.9 Å². The fourth-order valence-corrected chi connectivity index (χ4v) is 5.83. The summed E-state index contributed by atoms with van der Waals surface area (Å²) in [5.41, 5.74) is -3.20. The van der Waals surface area contributed by atoms with Gasteiger partial charge in [0.2, 0.25) is 11.8 Å². The first-order valence-electron chi connectivity index (χ1n) is 14.0. The normalized spacial score (nSPS) is 19.3. The van der Waals surface area contributed by atoms with Gasteiger partial charge in [-0.1, -0.05) is 12.1 Å². The molecule has 2 atom stereocenters. The Hall–Kier alpha value is -4.35. The molecule has 242 valence electrons. The maximum absolute atomic E-state index is 13.7. The monoisotopic (exact) mass is 641 g/mol. The van der Waals surface area contributed by atoms with E-state index in [2.05, 4.69) is 0 Å². The van der Waals surface area contributed by atoms with E-state index in [4.69, 9.17) is 5.26 Å². The zero-order chi connectivity index (χ0) is 33.3. The molecule has 2 aliphatic rings. The van der Waals surface area contributed by atoms with E-state index < -0.39 is 58.9 Å². The average Bonchev–Trinajstić information content (AvgIpc) is 3.44. The summed E-state index contributed by atoms with van der Waals surface area (Å²) < 4.78 is 94.5. The largest absolute Gasteiger partial charge is 0.416 e. The van der Waals surface area contributed by atoms with E-state index >= 15 is 0 Å². The quantitative estimate of drug-likeness (QED) is 0.404. The number of piperidine rings is 1. The molecule has 0 aliphatic carbocycles. The number of carbonyl (C=O) groups is 3. The van der Waals surface area contributed by atoms with Gasteiger partial charge >= 0.3 is 18.4 Å². The number of anilines is 1. The van der Waals surface area contributed by atoms with Gasteiger partial charge in [0.05, 0.1) is 23.2 Å². The molecular formula is C30H30F7N5O3. The molecule has 2 saturated heterocycles. The van der Waals surface area contributed by atoms with Crippen LogP contribution in [0.2, 0.25) is 0 Å². The van der Waals surface area contributed by atoms with Crippen molar-refractivity contribution in [2.45, 2.75) is 43.6 Å². The molecule has 0 bridgehead atoms. The molecule has 45 heavy (non-hydrogen) atoms. The number of benzene rings is 2. The van der Waals surface area contributed by atoms with Crippen LogP contribution in [0.4, 0.5) is 41.2 Å². The molecule has 2 aromatic carbocycles. The molecule has 2 heterocycles. The van der Waals surface area contributed by atoms with Gasteiger partial charge in [-0.05, 0) is 48.7 Å². The van der Waals surface area contributed by atoms with Crippen LogP contribution in [0.15, 0.2) is 42.5 Å². The second-order valence-corrected chi connectivity index (χ2v) is 11.2. The number of nitrogens with zero attached hydrogens (tertiary/aromatic N) is 5. The number of rotatable bonds is 5. The van der Waals surface area contributed by atoms with E-state index in [1.165, 1.54) is 41.1 Å². The van der Waals surface area contributed by atoms with Gasteiger partial charge in [0.15, 0.2) is 0 Å². The van der Waals surface area contributed by atoms with Gasteiger partial charge in [0.25, 0.3) is 0 Å². The summed E-state index contributed by atoms with van der Waals surface area (Å²) in [6.45, 7) is 0.693. The topological polar surface area (TPSA) is 88.0 Å². The number of carbonyl (C=O) groups excluding carboxylic acids is 3. The molecule has 0 radical (unpaired) electrons. The van der Waals surface area contributed by atoms with E-state index in [0.717, 1.165) is 11.9 Å². The standard InChI is InChI=1S/C30H30F7N5O3/c1-39(23-14-20(29(32,33)34)13-21(15-23)30(35,36)37)28(45)40(2)25-17-42(16-24(25)18-3-5-22(31)6-4-18)27(44)19-8-11-41(12-9-19)26(43)7-10-38/h3-6,13-15,19,24-25H,7-9,11-12,16-17H2,1-2H3/t24-,25+/m0/s1. The summed E-state index contributed by atoms with van der Waals surface area (Å²) in [6, 6.07) is 6.40. The van der Waals surface area contributed by atoms with Crippen LogP contribution in [0.25, 0.3) is 0 Å². The van der Waals surface area contributed by atoms with Crippen molar-refractivity contribution in [2.24, 2.45) is 5.92 Å². The Labute approximate surface area is 254 Å². The number of amides is 4. The minimum atomic E-state index is -5.11. The van der Waals surface area contributed by atoms with Crippen LogP contribution in [0.5, 0.6) is 0 Å². The highest BCUT2D eigenvalue weighted by atomic mass is 19.4. The molecule has 0 N–H and O–H groups in total. The minimum absolute atomic E-state index is 0.000918. The van der Waals surface area contributed by atoms with E-state index in [1.807, 2.05) is 0 Å². The summed E-state index contributed by atoms with van der Waals surface area (Å²) in [5.74, 6) is -2.08. The number of alkyl halides is 6. The Morgan fingerprint density at radius 3 is 1.96 bits per heavy atom. The minimum Gasteiger partial charge on any atom is -0.342 e. The summed E-state index contributed by atoms with van der Waals surface area (Å²) in [7, 11) is 2.40. The zero-order valence-corrected chi connectivity index (χ0v) is 24.3. The maximum atomic E-state index is 13.7. The first kappa shape index (κ1) is 33.5. The van der Waals surface area contributed by atoms with Crippen molar-refractivity contribution >= 4 is 23.5 Å². The lowest BCUT2D eigenvalue weighted by atomic mass is 9.93. The van der Waals surface area contributed by atoms with Gasteiger partial charge in [-0.3, -0.25) is 14.5 Å². The van der Waals surface area contributed by atoms with Crippen molar-refractivity contribution in [1.82, 2.24) is 14.7 Å². The van der Waals surface area contributed by atoms with Crippen LogP contribution >= 0.6 is 0 Å². The van der Waals surface area contributed by atoms with Gasteiger partial charge in [-0.25, -0.2) is 9.18 Å². The number of halogens is 7. The lowest BCUT2D eigenvalue weighted by molar-refractivity contribution is -0.143. The van der Waals surface area contributed by atoms with Gasteiger partial charge < -0.3 is 14.7 Å². The molecule has 2 aliphatic heterocycles. The predicted molar refractivity (Wildman–Crippen MR) is 147 cm³/mol. The third kappa shape index (κ3) is 7.49. The first-order valence-corrected chi connectivity index (χ1v) is 14.0. The third-order valence-electron chi connectivity index (χ3n) is 8.37. The van der Waals surface area contributed by atoms with Crippen molar-refractivity contribution < 1.29 is 45.1 Å². The van der Waals surface area contributed by atoms with Crippen LogP contribution in [0, 0.1) is 23.1 Å². The van der Waals surface area contributed by atoms with Gasteiger partial charge in [0, 0.05) is 57.8 Å². The molecular weight excluding hydrogens is 611 g/mol. The fourth-order valence-electron chi connectivity index (χ4n) is 5.83. The van der Waals surface area contributed by atoms with Crippen LogP contribution in [0.3, 0.4) is 0 Å². The molecule has 15 heteroatoms. The maximum Gasteiger partial charge on any atom is 0.416 e. The first-order chi connectivity index (χ1) is 21.0. The Bertz CT molecular complexity index is 1430. The number of nitriles is 1. The number of urea groups is 1. The predicted octanol–water partition coefficient (Wildman–Crippen LogP) is 5.50. The second-order valence-electron chi connectivity index (χ2n) is 11.2. The van der Waals surface area contributed by atoms with Crippen LogP contribution in [0.1, 0.15) is 41.9 Å². The molecule has 2 aromatic rings. The second kappa shape index (κ2) is 12.9. The van der Waals surface area contributed by atoms with Gasteiger partial charge in [-0.2, -0.15) is 31.6 Å². The van der Waals surface area contributed by atoms with E-state index in [9.17, 15) is 45.1 Å². The molecule has 0 spiro atoms. The SMILES string of the molecule is CN(C(=O)N(C)[C@@H]1CN(C(=O)C2CCN(C(=O)CC#N)CC2)C[C@H]1c1ccc(F)cc1)c1cc(C(F)(F)F)cc(C(F)(F)F)c1. The lowest BCUT2D eigenvalue weighted by Crippen LogP contribution is -2.48. The Kier molecular flexibility index (Phi) is 9.65. The average molecular weight is 642 g/mol. The summed E-state index contributed by atoms with van der Waals surface area (Å²) >= 11 is 0. The Balaban J connectivity index is 1.58. The summed E-state index contributed by atoms with van der Waals surface area (Å²) in [6.07, 6.45) is -9.77. The van der Waals surface area contributed by atoms with Gasteiger partial charge in [-0.15, -0.1) is 0 Å². The molecule has 0 unspecified atom stereocenters. The van der Waals surface area contributed by atoms with Crippen LogP contribution < -0.4 is 4.90 Å². The van der Waals surface area contributed by atoms with Crippen molar-refractivity contribution in [3.05, 3.63) is 65.0 Å².